The molecule has 0 bridgehead atoms. The second kappa shape index (κ2) is 6.43. The summed E-state index contributed by atoms with van der Waals surface area (Å²) in [6.07, 6.45) is 5.28. The van der Waals surface area contributed by atoms with E-state index in [0.29, 0.717) is 6.54 Å². The molecule has 0 amide bonds. The second-order valence-electron chi connectivity index (χ2n) is 4.78. The molecule has 1 saturated heterocycles. The van der Waals surface area contributed by atoms with Crippen LogP contribution in [0.15, 0.2) is 18.2 Å². The molecule has 18 heavy (non-hydrogen) atoms. The van der Waals surface area contributed by atoms with E-state index >= 15 is 0 Å². The molecular weight excluding hydrogens is 247 g/mol. The highest BCUT2D eigenvalue weighted by molar-refractivity contribution is 7.99. The molecule has 0 radical (unpaired) electrons. The first-order valence-corrected chi connectivity index (χ1v) is 7.79. The summed E-state index contributed by atoms with van der Waals surface area (Å²) in [5, 5.41) is 0.762. The number of anilines is 1. The maximum Gasteiger partial charge on any atom is 0.125 e. The number of rotatable bonds is 4. The Kier molecular flexibility index (Phi) is 4.89. The van der Waals surface area contributed by atoms with Gasteiger partial charge < -0.3 is 10.6 Å². The van der Waals surface area contributed by atoms with Crippen LogP contribution in [0, 0.1) is 5.82 Å². The molecule has 1 fully saturated rings. The zero-order valence-corrected chi connectivity index (χ0v) is 11.7. The molecule has 0 aliphatic carbocycles. The first-order chi connectivity index (χ1) is 8.72. The van der Waals surface area contributed by atoms with Gasteiger partial charge in [0, 0.05) is 24.0 Å². The van der Waals surface area contributed by atoms with Gasteiger partial charge in [-0.15, -0.1) is 0 Å². The van der Waals surface area contributed by atoms with Gasteiger partial charge in [-0.2, -0.15) is 11.8 Å². The Balaban J connectivity index is 2.08. The van der Waals surface area contributed by atoms with Gasteiger partial charge in [0.1, 0.15) is 5.82 Å². The summed E-state index contributed by atoms with van der Waals surface area (Å²) < 4.78 is 13.6. The number of nitrogens with two attached hydrogens (primary N) is 1. The summed E-state index contributed by atoms with van der Waals surface area (Å²) in [6, 6.07) is 5.31. The van der Waals surface area contributed by atoms with Gasteiger partial charge in [0.05, 0.1) is 0 Å². The van der Waals surface area contributed by atoms with Crippen molar-refractivity contribution in [2.24, 2.45) is 5.73 Å². The van der Waals surface area contributed by atoms with E-state index in [-0.39, 0.29) is 5.82 Å². The van der Waals surface area contributed by atoms with Crippen LogP contribution >= 0.6 is 11.8 Å². The zero-order valence-electron chi connectivity index (χ0n) is 10.9. The van der Waals surface area contributed by atoms with Crippen LogP contribution in [0.5, 0.6) is 0 Å². The van der Waals surface area contributed by atoms with Crippen molar-refractivity contribution in [2.75, 3.05) is 30.8 Å². The Bertz CT molecular complexity index is 389. The maximum atomic E-state index is 13.6. The summed E-state index contributed by atoms with van der Waals surface area (Å²) in [7, 11) is 0. The molecule has 0 spiro atoms. The van der Waals surface area contributed by atoms with Gasteiger partial charge in [-0.25, -0.2) is 4.39 Å². The van der Waals surface area contributed by atoms with E-state index in [0.717, 1.165) is 36.0 Å². The quantitative estimate of drug-likeness (QED) is 0.910. The Hall–Kier alpha value is -0.740. The second-order valence-corrected chi connectivity index (χ2v) is 5.92. The minimum Gasteiger partial charge on any atom is -0.371 e. The monoisotopic (exact) mass is 268 g/mol. The molecule has 0 saturated carbocycles. The molecule has 2 nitrogen and oxygen atoms in total. The van der Waals surface area contributed by atoms with Gasteiger partial charge in [0.15, 0.2) is 0 Å². The van der Waals surface area contributed by atoms with Gasteiger partial charge in [0.2, 0.25) is 0 Å². The van der Waals surface area contributed by atoms with Crippen molar-refractivity contribution in [3.05, 3.63) is 29.6 Å². The van der Waals surface area contributed by atoms with E-state index in [2.05, 4.69) is 17.2 Å². The molecule has 0 aromatic heterocycles. The van der Waals surface area contributed by atoms with Gasteiger partial charge in [-0.1, -0.05) is 0 Å². The van der Waals surface area contributed by atoms with E-state index in [4.69, 9.17) is 5.73 Å². The molecule has 1 heterocycles. The van der Waals surface area contributed by atoms with Crippen molar-refractivity contribution < 1.29 is 4.39 Å². The molecule has 4 heteroatoms. The van der Waals surface area contributed by atoms with E-state index in [1.165, 1.54) is 12.8 Å². The van der Waals surface area contributed by atoms with Crippen LogP contribution in [0.2, 0.25) is 0 Å². The Morgan fingerprint density at radius 1 is 1.33 bits per heavy atom. The van der Waals surface area contributed by atoms with Crippen molar-refractivity contribution in [3.8, 4) is 0 Å². The summed E-state index contributed by atoms with van der Waals surface area (Å²) in [5.74, 6) is -0.150. The lowest BCUT2D eigenvalue weighted by Gasteiger charge is -2.33. The highest BCUT2D eigenvalue weighted by Gasteiger charge is 2.19. The number of hydrogen-bond acceptors (Lipinski definition) is 3. The molecule has 1 aromatic rings. The van der Waals surface area contributed by atoms with Crippen molar-refractivity contribution >= 4 is 17.4 Å². The molecule has 100 valence electrons. The fourth-order valence-corrected chi connectivity index (χ4v) is 3.16. The molecule has 0 unspecified atom stereocenters. The van der Waals surface area contributed by atoms with Crippen molar-refractivity contribution in [3.63, 3.8) is 0 Å². The molecule has 2 N–H and O–H groups in total. The van der Waals surface area contributed by atoms with Crippen LogP contribution < -0.4 is 10.6 Å². The van der Waals surface area contributed by atoms with Crippen molar-refractivity contribution in [2.45, 2.75) is 24.5 Å². The predicted octanol–water partition coefficient (Wildman–Crippen LogP) is 2.66. The largest absolute Gasteiger partial charge is 0.371 e. The van der Waals surface area contributed by atoms with Crippen LogP contribution in [-0.4, -0.2) is 31.1 Å². The summed E-state index contributed by atoms with van der Waals surface area (Å²) in [5.41, 5.74) is 7.55. The maximum absolute atomic E-state index is 13.6. The summed E-state index contributed by atoms with van der Waals surface area (Å²) in [4.78, 5) is 2.29. The van der Waals surface area contributed by atoms with E-state index in [1.807, 2.05) is 11.8 Å². The topological polar surface area (TPSA) is 29.3 Å². The number of thioether (sulfide) groups is 1. The number of nitrogens with zero attached hydrogens (tertiary/aromatic N) is 1. The fraction of sp³-hybridized carbons (Fsp3) is 0.571. The number of piperidine rings is 1. The number of benzene rings is 1. The third-order valence-corrected chi connectivity index (χ3v) is 4.65. The highest BCUT2D eigenvalue weighted by atomic mass is 32.2. The standard InChI is InChI=1S/C14H21FN2S/c1-18-14-3-6-17(7-4-14)13-9-11(2-5-16)8-12(15)10-13/h8-10,14H,2-7,16H2,1H3. The minimum absolute atomic E-state index is 0.150. The van der Waals surface area contributed by atoms with Crippen LogP contribution in [0.1, 0.15) is 18.4 Å². The molecule has 2 rings (SSSR count). The van der Waals surface area contributed by atoms with Crippen molar-refractivity contribution in [1.29, 1.82) is 0 Å². The summed E-state index contributed by atoms with van der Waals surface area (Å²) >= 11 is 1.94. The number of halogens is 1. The third-order valence-electron chi connectivity index (χ3n) is 3.52. The smallest absolute Gasteiger partial charge is 0.125 e. The van der Waals surface area contributed by atoms with Crippen LogP contribution in [0.25, 0.3) is 0 Å². The predicted molar refractivity (Wildman–Crippen MR) is 77.9 cm³/mol. The Morgan fingerprint density at radius 3 is 2.67 bits per heavy atom. The first-order valence-electron chi connectivity index (χ1n) is 6.50. The molecule has 0 atom stereocenters. The number of hydrogen-bond donors (Lipinski definition) is 1. The van der Waals surface area contributed by atoms with E-state index < -0.39 is 0 Å². The molecule has 1 aliphatic rings. The highest BCUT2D eigenvalue weighted by Crippen LogP contribution is 2.26. The Labute approximate surface area is 113 Å². The third kappa shape index (κ3) is 3.39. The normalized spacial score (nSPS) is 17.2. The van der Waals surface area contributed by atoms with Crippen LogP contribution in [-0.2, 0) is 6.42 Å². The lowest BCUT2D eigenvalue weighted by molar-refractivity contribution is 0.585. The average Bonchev–Trinajstić information content (AvgIpc) is 2.38. The lowest BCUT2D eigenvalue weighted by Crippen LogP contribution is -2.34. The van der Waals surface area contributed by atoms with E-state index in [9.17, 15) is 4.39 Å². The first kappa shape index (κ1) is 13.7. The SMILES string of the molecule is CSC1CCN(c2cc(F)cc(CCN)c2)CC1. The molecular formula is C14H21FN2S. The van der Waals surface area contributed by atoms with Gasteiger partial charge >= 0.3 is 0 Å². The minimum atomic E-state index is -0.150. The average molecular weight is 268 g/mol. The Morgan fingerprint density at radius 2 is 2.06 bits per heavy atom. The molecule has 1 aromatic carbocycles. The van der Waals surface area contributed by atoms with Gasteiger partial charge in [-0.3, -0.25) is 0 Å². The zero-order chi connectivity index (χ0) is 13.0. The van der Waals surface area contributed by atoms with Gasteiger partial charge in [0.25, 0.3) is 0 Å². The lowest BCUT2D eigenvalue weighted by atomic mass is 10.1. The summed E-state index contributed by atoms with van der Waals surface area (Å²) in [6.45, 7) is 2.62. The molecule has 1 aliphatic heterocycles. The fourth-order valence-electron chi connectivity index (χ4n) is 2.48. The van der Waals surface area contributed by atoms with Gasteiger partial charge in [-0.05, 0) is 55.8 Å². The van der Waals surface area contributed by atoms with Crippen LogP contribution in [0.4, 0.5) is 10.1 Å². The van der Waals surface area contributed by atoms with Crippen molar-refractivity contribution in [1.82, 2.24) is 0 Å². The van der Waals surface area contributed by atoms with Crippen LogP contribution in [0.3, 0.4) is 0 Å². The van der Waals surface area contributed by atoms with E-state index in [1.54, 1.807) is 12.1 Å².